The van der Waals surface area contributed by atoms with Crippen LogP contribution in [-0.4, -0.2) is 122 Å². The molecule has 4 heterocycles. The molecule has 0 atom stereocenters. The summed E-state index contributed by atoms with van der Waals surface area (Å²) in [6.07, 6.45) is 0.880. The second-order valence-corrected chi connectivity index (χ2v) is 26.0. The first-order chi connectivity index (χ1) is 28.0. The number of ether oxygens (including phenoxy) is 1. The molecule has 3 amide bonds. The van der Waals surface area contributed by atoms with Gasteiger partial charge in [-0.25, -0.2) is 36.4 Å². The lowest BCUT2D eigenvalue weighted by Gasteiger charge is -2.39. The Bertz CT molecular complexity index is 2530. The Hall–Kier alpha value is -4.26. The number of rotatable bonds is 10. The van der Waals surface area contributed by atoms with E-state index < -0.39 is 59.1 Å². The summed E-state index contributed by atoms with van der Waals surface area (Å²) in [4.78, 5) is 35.9. The monoisotopic (exact) mass is 901 g/mol. The quantitative estimate of drug-likeness (QED) is 0.175. The number of likely N-dealkylation sites (tertiary alicyclic amines) is 2. The summed E-state index contributed by atoms with van der Waals surface area (Å²) in [6, 6.07) is 9.27. The molecule has 16 nitrogen and oxygen atoms in total. The van der Waals surface area contributed by atoms with Crippen LogP contribution in [-0.2, 0) is 50.3 Å². The first kappa shape index (κ1) is 48.8. The van der Waals surface area contributed by atoms with Crippen LogP contribution < -0.4 is 5.73 Å². The zero-order valence-electron chi connectivity index (χ0n) is 38.6. The minimum atomic E-state index is -3.63. The third-order valence-corrected chi connectivity index (χ3v) is 14.4. The van der Waals surface area contributed by atoms with E-state index in [2.05, 4.69) is 41.5 Å². The smallest absolute Gasteiger partial charge is 0.410 e. The molecule has 62 heavy (non-hydrogen) atoms. The van der Waals surface area contributed by atoms with Gasteiger partial charge in [0.1, 0.15) is 27.7 Å². The van der Waals surface area contributed by atoms with Gasteiger partial charge < -0.3 is 39.6 Å². The summed E-state index contributed by atoms with van der Waals surface area (Å²) in [7, 11) is -7.21. The predicted octanol–water partition coefficient (Wildman–Crippen LogP) is 5.72. The lowest BCUT2D eigenvalue weighted by molar-refractivity contribution is 0.0138. The molecule has 18 heteroatoms. The van der Waals surface area contributed by atoms with Crippen molar-refractivity contribution in [2.24, 2.45) is 16.6 Å². The molecule has 2 aliphatic rings. The number of fused-ring (bicyclic) bond motifs is 2. The molecule has 0 unspecified atom stereocenters. The first-order valence-electron chi connectivity index (χ1n) is 21.0. The summed E-state index contributed by atoms with van der Waals surface area (Å²) in [5, 5.41) is 19.4. The Morgan fingerprint density at radius 2 is 1.00 bits per heavy atom. The largest absolute Gasteiger partial charge is 0.444 e. The van der Waals surface area contributed by atoms with Gasteiger partial charge in [0.25, 0.3) is 0 Å². The molecule has 344 valence electrons. The summed E-state index contributed by atoms with van der Waals surface area (Å²) in [5.74, 6) is 1.63. The molecular formula is C44H67N7O9S2. The minimum Gasteiger partial charge on any atom is -0.444 e. The van der Waals surface area contributed by atoms with E-state index in [0.29, 0.717) is 37.0 Å². The van der Waals surface area contributed by atoms with Crippen LogP contribution in [0, 0.1) is 10.8 Å². The highest BCUT2D eigenvalue weighted by Gasteiger charge is 2.43. The minimum absolute atomic E-state index is 0.0161. The van der Waals surface area contributed by atoms with Crippen LogP contribution in [0.4, 0.5) is 9.59 Å². The molecule has 0 aliphatic carbocycles. The lowest BCUT2D eigenvalue weighted by Crippen LogP contribution is -2.58. The number of nitrogens with two attached hydrogens (primary N) is 1. The van der Waals surface area contributed by atoms with Crippen molar-refractivity contribution in [1.29, 1.82) is 0 Å². The van der Waals surface area contributed by atoms with Crippen molar-refractivity contribution >= 4 is 53.9 Å². The topological polar surface area (TPSA) is 220 Å². The molecule has 0 radical (unpaired) electrons. The van der Waals surface area contributed by atoms with E-state index in [-0.39, 0.29) is 46.8 Å². The van der Waals surface area contributed by atoms with Gasteiger partial charge in [-0.2, -0.15) is 0 Å². The van der Waals surface area contributed by atoms with Gasteiger partial charge in [0.05, 0.1) is 56.1 Å². The van der Waals surface area contributed by atoms with Gasteiger partial charge in [-0.15, -0.1) is 0 Å². The van der Waals surface area contributed by atoms with Crippen LogP contribution in [0.1, 0.15) is 102 Å². The number of nitrogens with zero attached hydrogens (tertiary/aromatic N) is 6. The number of aromatic nitrogens is 4. The Morgan fingerprint density at radius 1 is 0.645 bits per heavy atom. The zero-order chi connectivity index (χ0) is 46.8. The van der Waals surface area contributed by atoms with E-state index in [1.807, 2.05) is 9.13 Å². The molecule has 2 fully saturated rings. The summed E-state index contributed by atoms with van der Waals surface area (Å²) < 4.78 is 61.5. The lowest BCUT2D eigenvalue weighted by atomic mass is 9.92. The first-order valence-corrected chi connectivity index (χ1v) is 24.1. The van der Waals surface area contributed by atoms with Gasteiger partial charge >= 0.3 is 12.1 Å². The molecule has 2 saturated heterocycles. The number of sulfone groups is 2. The average molecular weight is 902 g/mol. The molecule has 6 rings (SSSR count). The van der Waals surface area contributed by atoms with Gasteiger partial charge in [0, 0.05) is 39.0 Å². The van der Waals surface area contributed by atoms with Crippen molar-refractivity contribution < 1.29 is 41.4 Å². The van der Waals surface area contributed by atoms with E-state index in [0.717, 1.165) is 22.7 Å². The highest BCUT2D eigenvalue weighted by molar-refractivity contribution is 7.92. The number of carbonyl (C=O) groups is 2. The molecule has 0 spiro atoms. The van der Waals surface area contributed by atoms with Crippen molar-refractivity contribution in [2.75, 3.05) is 26.2 Å². The fraction of sp³-hybridized carbons (Fsp3) is 0.636. The molecule has 2 aromatic heterocycles. The number of imidazole rings is 2. The van der Waals surface area contributed by atoms with Crippen LogP contribution in [0.2, 0.25) is 0 Å². The summed E-state index contributed by atoms with van der Waals surface area (Å²) in [6.45, 7) is 26.1. The number of carbonyl (C=O) groups excluding carboxylic acids is 2. The normalized spacial score (nSPS) is 16.2. The van der Waals surface area contributed by atoms with Crippen molar-refractivity contribution in [3.8, 4) is 0 Å². The third kappa shape index (κ3) is 11.8. The van der Waals surface area contributed by atoms with E-state index >= 15 is 0 Å². The molecule has 2 aliphatic heterocycles. The van der Waals surface area contributed by atoms with Gasteiger partial charge in [-0.1, -0.05) is 41.5 Å². The van der Waals surface area contributed by atoms with Crippen LogP contribution in [0.3, 0.4) is 0 Å². The van der Waals surface area contributed by atoms with E-state index in [9.17, 15) is 36.6 Å². The van der Waals surface area contributed by atoms with Gasteiger partial charge in [-0.05, 0) is 95.7 Å². The maximum Gasteiger partial charge on any atom is 0.410 e. The highest BCUT2D eigenvalue weighted by atomic mass is 32.2. The van der Waals surface area contributed by atoms with Crippen LogP contribution in [0.25, 0.3) is 22.1 Å². The molecule has 2 aromatic carbocycles. The Morgan fingerprint density at radius 3 is 1.31 bits per heavy atom. The fourth-order valence-corrected chi connectivity index (χ4v) is 10.7. The van der Waals surface area contributed by atoms with Crippen molar-refractivity contribution in [3.63, 3.8) is 0 Å². The van der Waals surface area contributed by atoms with Crippen molar-refractivity contribution in [2.45, 2.75) is 153 Å². The number of amides is 3. The van der Waals surface area contributed by atoms with Crippen LogP contribution in [0.15, 0.2) is 46.2 Å². The van der Waals surface area contributed by atoms with Crippen LogP contribution >= 0.6 is 0 Å². The summed E-state index contributed by atoms with van der Waals surface area (Å²) >= 11 is 0. The molecular weight excluding hydrogens is 835 g/mol. The average Bonchev–Trinajstić information content (AvgIpc) is 3.50. The van der Waals surface area contributed by atoms with Crippen molar-refractivity contribution in [1.82, 2.24) is 28.9 Å². The number of urea groups is 1. The SMILES string of the molecule is CC(C)(C)Cc1nc2cc(S(=O)(=O)C3CN(C(=O)OC(C)(C)C)C3)ccc2n1CC(C)(C)O.CC(C)(C)Cc1nc2cc(S(=O)(=O)C3CN(C(N)=O)C3)ccc2n1CC(C)(C)O. The van der Waals surface area contributed by atoms with Crippen LogP contribution in [0.5, 0.6) is 0 Å². The number of hydrogen-bond donors (Lipinski definition) is 3. The van der Waals surface area contributed by atoms with Gasteiger partial charge in [-0.3, -0.25) is 0 Å². The maximum absolute atomic E-state index is 13.2. The number of benzene rings is 2. The standard InChI is InChI=1S/C24H37N3O5S.C20H30N4O4S/c1-22(2,3)12-20-25-18-11-16(9-10-19(18)27(20)15-24(7,8)29)33(30,31)17-13-26(14-17)21(28)32-23(4,5)6;1-19(2,3)9-17-22-15-8-13(6-7-16(15)24(17)12-20(4,5)26)29(27,28)14-10-23(11-14)18(21)25/h9-11,17,29H,12-15H2,1-8H3;6-8,14,26H,9-12H2,1-5H3,(H2,21,25). The number of aliphatic hydroxyl groups is 2. The number of hydrogen-bond acceptors (Lipinski definition) is 11. The number of primary amides is 1. The van der Waals surface area contributed by atoms with Crippen molar-refractivity contribution in [3.05, 3.63) is 48.0 Å². The van der Waals surface area contributed by atoms with Gasteiger partial charge in [0.2, 0.25) is 0 Å². The fourth-order valence-electron chi connectivity index (χ4n) is 7.33. The Kier molecular flexibility index (Phi) is 13.1. The zero-order valence-corrected chi connectivity index (χ0v) is 40.2. The molecule has 4 N–H and O–H groups in total. The second-order valence-electron chi connectivity index (χ2n) is 21.6. The Labute approximate surface area is 366 Å². The van der Waals surface area contributed by atoms with Gasteiger partial charge in [0.15, 0.2) is 19.7 Å². The molecule has 0 bridgehead atoms. The van der Waals surface area contributed by atoms with E-state index in [4.69, 9.17) is 20.4 Å². The molecule has 0 saturated carbocycles. The maximum atomic E-state index is 13.2. The van der Waals surface area contributed by atoms with E-state index in [1.165, 1.54) is 9.80 Å². The Balaban J connectivity index is 0.000000236. The third-order valence-electron chi connectivity index (χ3n) is 10.3. The molecule has 4 aromatic rings. The second kappa shape index (κ2) is 16.7. The highest BCUT2D eigenvalue weighted by Crippen LogP contribution is 2.32. The summed E-state index contributed by atoms with van der Waals surface area (Å²) in [5.41, 5.74) is 5.40. The van der Waals surface area contributed by atoms with E-state index in [1.54, 1.807) is 84.9 Å². The predicted molar refractivity (Wildman–Crippen MR) is 239 cm³/mol.